The Labute approximate surface area is 160 Å². The molecule has 9 heteroatoms. The molecule has 0 unspecified atom stereocenters. The molecule has 1 aromatic heterocycles. The fraction of sp³-hybridized carbons (Fsp3) is 0.0556. The number of carbonyl (C=O) groups excluding carboxylic acids is 2. The van der Waals surface area contributed by atoms with E-state index >= 15 is 0 Å². The third-order valence-electron chi connectivity index (χ3n) is 3.63. The van der Waals surface area contributed by atoms with Gasteiger partial charge >= 0.3 is 0 Å². The maximum absolute atomic E-state index is 12.3. The summed E-state index contributed by atoms with van der Waals surface area (Å²) < 4.78 is 26.9. The third-order valence-corrected chi connectivity index (χ3v) is 5.80. The number of sulfonamides is 1. The number of amides is 1. The molecule has 0 fully saturated rings. The van der Waals surface area contributed by atoms with Crippen molar-refractivity contribution in [3.05, 3.63) is 71.2 Å². The van der Waals surface area contributed by atoms with E-state index in [0.29, 0.717) is 16.8 Å². The lowest BCUT2D eigenvalue weighted by Crippen LogP contribution is -2.14. The summed E-state index contributed by atoms with van der Waals surface area (Å²) in [7, 11) is -3.74. The normalized spacial score (nSPS) is 11.0. The summed E-state index contributed by atoms with van der Waals surface area (Å²) in [4.78, 5) is 27.5. The maximum atomic E-state index is 12.3. The Hall–Kier alpha value is -3.04. The Morgan fingerprint density at radius 1 is 0.963 bits per heavy atom. The smallest absolute Gasteiger partial charge is 0.263 e. The first-order valence-corrected chi connectivity index (χ1v) is 10.2. The maximum Gasteiger partial charge on any atom is 0.263 e. The van der Waals surface area contributed by atoms with Gasteiger partial charge in [-0.05, 0) is 43.3 Å². The SMILES string of the molecule is CC(=O)c1ccc(C(=O)Nc2ccc(S(=O)(=O)Nc3nccs3)cc2)cc1. The van der Waals surface area contributed by atoms with Crippen molar-refractivity contribution < 1.29 is 18.0 Å². The summed E-state index contributed by atoms with van der Waals surface area (Å²) in [5, 5.41) is 4.63. The molecular weight excluding hydrogens is 386 g/mol. The standard InChI is InChI=1S/C18H15N3O4S2/c1-12(22)13-2-4-14(5-3-13)17(23)20-15-6-8-16(9-7-15)27(24,25)21-18-19-10-11-26-18/h2-11H,1H3,(H,19,21)(H,20,23). The summed E-state index contributed by atoms with van der Waals surface area (Å²) >= 11 is 1.18. The molecule has 0 aliphatic rings. The average molecular weight is 401 g/mol. The molecular formula is C18H15N3O4S2. The molecule has 1 amide bonds. The number of hydrogen-bond donors (Lipinski definition) is 2. The lowest BCUT2D eigenvalue weighted by Gasteiger charge is -2.08. The van der Waals surface area contributed by atoms with Gasteiger partial charge in [0.2, 0.25) is 0 Å². The Bertz CT molecular complexity index is 1060. The topological polar surface area (TPSA) is 105 Å². The molecule has 0 atom stereocenters. The number of carbonyl (C=O) groups is 2. The number of nitrogens with one attached hydrogen (secondary N) is 2. The van der Waals surface area contributed by atoms with E-state index in [1.54, 1.807) is 29.6 Å². The Kier molecular flexibility index (Phi) is 5.33. The lowest BCUT2D eigenvalue weighted by molar-refractivity contribution is 0.101. The van der Waals surface area contributed by atoms with Crippen LogP contribution in [0.2, 0.25) is 0 Å². The Morgan fingerprint density at radius 2 is 1.59 bits per heavy atom. The van der Waals surface area contributed by atoms with Crippen LogP contribution in [0.1, 0.15) is 27.6 Å². The Morgan fingerprint density at radius 3 is 2.15 bits per heavy atom. The fourth-order valence-corrected chi connectivity index (χ4v) is 4.01. The van der Waals surface area contributed by atoms with Gasteiger partial charge in [-0.3, -0.25) is 14.3 Å². The lowest BCUT2D eigenvalue weighted by atomic mass is 10.1. The van der Waals surface area contributed by atoms with Crippen LogP contribution >= 0.6 is 11.3 Å². The quantitative estimate of drug-likeness (QED) is 0.616. The van der Waals surface area contributed by atoms with Gasteiger partial charge in [0.15, 0.2) is 10.9 Å². The average Bonchev–Trinajstić information content (AvgIpc) is 3.14. The van der Waals surface area contributed by atoms with E-state index in [0.717, 1.165) is 0 Å². The molecule has 3 aromatic rings. The second-order valence-corrected chi connectivity index (χ2v) is 8.13. The largest absolute Gasteiger partial charge is 0.322 e. The van der Waals surface area contributed by atoms with Crippen LogP contribution in [0.4, 0.5) is 10.8 Å². The molecule has 0 bridgehead atoms. The molecule has 0 spiro atoms. The third kappa shape index (κ3) is 4.57. The molecule has 1 heterocycles. The summed E-state index contributed by atoms with van der Waals surface area (Å²) in [6.07, 6.45) is 1.50. The van der Waals surface area contributed by atoms with E-state index < -0.39 is 10.0 Å². The summed E-state index contributed by atoms with van der Waals surface area (Å²) in [5.41, 5.74) is 1.36. The molecule has 7 nitrogen and oxygen atoms in total. The highest BCUT2D eigenvalue weighted by molar-refractivity contribution is 7.93. The van der Waals surface area contributed by atoms with Gasteiger partial charge in [0.25, 0.3) is 15.9 Å². The first-order chi connectivity index (χ1) is 12.8. The Balaban J connectivity index is 1.70. The minimum atomic E-state index is -3.74. The van der Waals surface area contributed by atoms with Crippen LogP contribution in [0.3, 0.4) is 0 Å². The zero-order valence-electron chi connectivity index (χ0n) is 14.2. The monoisotopic (exact) mass is 401 g/mol. The zero-order chi connectivity index (χ0) is 19.4. The second-order valence-electron chi connectivity index (χ2n) is 5.55. The highest BCUT2D eigenvalue weighted by Crippen LogP contribution is 2.20. The number of ketones is 1. The van der Waals surface area contributed by atoms with Gasteiger partial charge < -0.3 is 5.32 Å². The second kappa shape index (κ2) is 7.68. The number of Topliss-reactive ketones (excluding diaryl/α,β-unsaturated/α-hetero) is 1. The predicted octanol–water partition coefficient (Wildman–Crippen LogP) is 3.40. The predicted molar refractivity (Wildman–Crippen MR) is 104 cm³/mol. The summed E-state index contributed by atoms with van der Waals surface area (Å²) in [6.45, 7) is 1.45. The van der Waals surface area contributed by atoms with Crippen LogP contribution in [0, 0.1) is 0 Å². The van der Waals surface area contributed by atoms with Gasteiger partial charge in [0.05, 0.1) is 4.90 Å². The van der Waals surface area contributed by atoms with E-state index in [-0.39, 0.29) is 21.7 Å². The van der Waals surface area contributed by atoms with Gasteiger partial charge in [-0.15, -0.1) is 11.3 Å². The molecule has 2 N–H and O–H groups in total. The van der Waals surface area contributed by atoms with E-state index in [1.807, 2.05) is 0 Å². The van der Waals surface area contributed by atoms with Crippen molar-refractivity contribution in [2.24, 2.45) is 0 Å². The van der Waals surface area contributed by atoms with Crippen LogP contribution in [0.25, 0.3) is 0 Å². The first kappa shape index (κ1) is 18.7. The van der Waals surface area contributed by atoms with E-state index in [9.17, 15) is 18.0 Å². The van der Waals surface area contributed by atoms with Crippen LogP contribution in [0.5, 0.6) is 0 Å². The van der Waals surface area contributed by atoms with Crippen LogP contribution in [0.15, 0.2) is 65.0 Å². The van der Waals surface area contributed by atoms with Gasteiger partial charge in [-0.1, -0.05) is 12.1 Å². The van der Waals surface area contributed by atoms with Crippen molar-refractivity contribution >= 4 is 43.9 Å². The minimum absolute atomic E-state index is 0.0570. The fourth-order valence-electron chi connectivity index (χ4n) is 2.22. The number of aromatic nitrogens is 1. The van der Waals surface area contributed by atoms with Gasteiger partial charge in [-0.2, -0.15) is 0 Å². The van der Waals surface area contributed by atoms with E-state index in [4.69, 9.17) is 0 Å². The molecule has 0 radical (unpaired) electrons. The number of benzene rings is 2. The molecule has 0 aliphatic heterocycles. The van der Waals surface area contributed by atoms with Gasteiger partial charge in [-0.25, -0.2) is 13.4 Å². The molecule has 0 aliphatic carbocycles. The molecule has 0 saturated heterocycles. The number of hydrogen-bond acceptors (Lipinski definition) is 6. The molecule has 3 rings (SSSR count). The highest BCUT2D eigenvalue weighted by atomic mass is 32.2. The van der Waals surface area contributed by atoms with Crippen LogP contribution < -0.4 is 10.0 Å². The number of anilines is 2. The van der Waals surface area contributed by atoms with Crippen molar-refractivity contribution in [3.63, 3.8) is 0 Å². The van der Waals surface area contributed by atoms with E-state index in [2.05, 4.69) is 15.0 Å². The van der Waals surface area contributed by atoms with Crippen molar-refractivity contribution in [1.82, 2.24) is 4.98 Å². The van der Waals surface area contributed by atoms with Crippen molar-refractivity contribution in [3.8, 4) is 0 Å². The number of thiazole rings is 1. The first-order valence-electron chi connectivity index (χ1n) is 7.80. The van der Waals surface area contributed by atoms with Crippen LogP contribution in [-0.2, 0) is 10.0 Å². The van der Waals surface area contributed by atoms with Crippen molar-refractivity contribution in [2.75, 3.05) is 10.0 Å². The van der Waals surface area contributed by atoms with Gasteiger partial charge in [0.1, 0.15) is 0 Å². The van der Waals surface area contributed by atoms with Gasteiger partial charge in [0, 0.05) is 28.4 Å². The van der Waals surface area contributed by atoms with Crippen molar-refractivity contribution in [1.29, 1.82) is 0 Å². The number of nitrogens with zero attached hydrogens (tertiary/aromatic N) is 1. The highest BCUT2D eigenvalue weighted by Gasteiger charge is 2.15. The molecule has 2 aromatic carbocycles. The molecule has 27 heavy (non-hydrogen) atoms. The zero-order valence-corrected chi connectivity index (χ0v) is 15.8. The van der Waals surface area contributed by atoms with E-state index in [1.165, 1.54) is 48.7 Å². The minimum Gasteiger partial charge on any atom is -0.322 e. The van der Waals surface area contributed by atoms with Crippen LogP contribution in [-0.4, -0.2) is 25.1 Å². The summed E-state index contributed by atoms with van der Waals surface area (Å²) in [6, 6.07) is 12.1. The summed E-state index contributed by atoms with van der Waals surface area (Å²) in [5.74, 6) is -0.438. The van der Waals surface area contributed by atoms with Crippen molar-refractivity contribution in [2.45, 2.75) is 11.8 Å². The molecule has 138 valence electrons. The molecule has 0 saturated carbocycles. The number of rotatable bonds is 6.